The Hall–Kier alpha value is -1.55. The Morgan fingerprint density at radius 3 is 2.52 bits per heavy atom. The number of hydrogen-bond acceptors (Lipinski definition) is 4. The van der Waals surface area contributed by atoms with Gasteiger partial charge >= 0.3 is 5.97 Å². The highest BCUT2D eigenvalue weighted by Crippen LogP contribution is 2.31. The van der Waals surface area contributed by atoms with E-state index in [1.54, 1.807) is 0 Å². The highest BCUT2D eigenvalue weighted by Gasteiger charge is 2.37. The SMILES string of the molecule is CCCOc1ccc(C(C)(NCC2CC2)C(=O)OC)cc1. The normalized spacial score (nSPS) is 17.1. The van der Waals surface area contributed by atoms with Crippen LogP contribution in [0.5, 0.6) is 5.75 Å². The Labute approximate surface area is 126 Å². The summed E-state index contributed by atoms with van der Waals surface area (Å²) in [6.45, 7) is 5.50. The monoisotopic (exact) mass is 291 g/mol. The van der Waals surface area contributed by atoms with Crippen molar-refractivity contribution in [3.8, 4) is 5.75 Å². The van der Waals surface area contributed by atoms with E-state index in [0.29, 0.717) is 12.5 Å². The van der Waals surface area contributed by atoms with E-state index in [0.717, 1.165) is 24.3 Å². The zero-order valence-electron chi connectivity index (χ0n) is 13.1. The second-order valence-electron chi connectivity index (χ2n) is 5.81. The van der Waals surface area contributed by atoms with Crippen LogP contribution in [0.4, 0.5) is 0 Å². The summed E-state index contributed by atoms with van der Waals surface area (Å²) in [5.74, 6) is 1.27. The third kappa shape index (κ3) is 3.97. The molecule has 1 unspecified atom stereocenters. The Bertz CT molecular complexity index is 467. The summed E-state index contributed by atoms with van der Waals surface area (Å²) in [4.78, 5) is 12.2. The first-order valence-corrected chi connectivity index (χ1v) is 7.67. The van der Waals surface area contributed by atoms with Gasteiger partial charge in [-0.1, -0.05) is 19.1 Å². The van der Waals surface area contributed by atoms with Gasteiger partial charge < -0.3 is 9.47 Å². The van der Waals surface area contributed by atoms with Crippen molar-refractivity contribution in [2.75, 3.05) is 20.3 Å². The first kappa shape index (κ1) is 15.8. The summed E-state index contributed by atoms with van der Waals surface area (Å²) in [5, 5.41) is 3.37. The second-order valence-corrected chi connectivity index (χ2v) is 5.81. The van der Waals surface area contributed by atoms with Crippen LogP contribution >= 0.6 is 0 Å². The summed E-state index contributed by atoms with van der Waals surface area (Å²) < 4.78 is 10.6. The Balaban J connectivity index is 2.12. The molecule has 0 amide bonds. The van der Waals surface area contributed by atoms with Crippen molar-refractivity contribution in [2.45, 2.75) is 38.6 Å². The van der Waals surface area contributed by atoms with Crippen LogP contribution in [0.3, 0.4) is 0 Å². The summed E-state index contributed by atoms with van der Waals surface area (Å²) in [5.41, 5.74) is 0.0968. The van der Waals surface area contributed by atoms with E-state index in [-0.39, 0.29) is 5.97 Å². The molecule has 0 radical (unpaired) electrons. The second kappa shape index (κ2) is 6.94. The Morgan fingerprint density at radius 2 is 2.00 bits per heavy atom. The van der Waals surface area contributed by atoms with Crippen molar-refractivity contribution in [3.05, 3.63) is 29.8 Å². The minimum atomic E-state index is -0.805. The van der Waals surface area contributed by atoms with Gasteiger partial charge in [0, 0.05) is 0 Å². The molecule has 0 spiro atoms. The van der Waals surface area contributed by atoms with Crippen LogP contribution in [0.2, 0.25) is 0 Å². The van der Waals surface area contributed by atoms with Crippen LogP contribution in [0.25, 0.3) is 0 Å². The Morgan fingerprint density at radius 1 is 1.33 bits per heavy atom. The van der Waals surface area contributed by atoms with Gasteiger partial charge in [-0.2, -0.15) is 0 Å². The van der Waals surface area contributed by atoms with Gasteiger partial charge in [-0.15, -0.1) is 0 Å². The third-order valence-corrected chi connectivity index (χ3v) is 3.94. The van der Waals surface area contributed by atoms with Crippen molar-refractivity contribution in [1.82, 2.24) is 5.32 Å². The summed E-state index contributed by atoms with van der Waals surface area (Å²) >= 11 is 0. The maximum absolute atomic E-state index is 12.2. The number of nitrogens with one attached hydrogen (secondary N) is 1. The molecule has 1 aliphatic rings. The number of hydrogen-bond donors (Lipinski definition) is 1. The fourth-order valence-electron chi connectivity index (χ4n) is 2.27. The molecule has 0 bridgehead atoms. The van der Waals surface area contributed by atoms with Gasteiger partial charge in [0.2, 0.25) is 0 Å². The van der Waals surface area contributed by atoms with Crippen molar-refractivity contribution in [1.29, 1.82) is 0 Å². The van der Waals surface area contributed by atoms with Crippen LogP contribution in [-0.2, 0) is 15.1 Å². The molecule has 1 N–H and O–H groups in total. The fraction of sp³-hybridized carbons (Fsp3) is 0.588. The first-order chi connectivity index (χ1) is 10.1. The molecule has 116 valence electrons. The molecule has 1 saturated carbocycles. The Kier molecular flexibility index (Phi) is 5.23. The minimum Gasteiger partial charge on any atom is -0.494 e. The summed E-state index contributed by atoms with van der Waals surface area (Å²) in [6.07, 6.45) is 3.46. The number of carbonyl (C=O) groups is 1. The number of benzene rings is 1. The molecule has 2 rings (SSSR count). The molecule has 0 aromatic heterocycles. The molecule has 1 aromatic rings. The lowest BCUT2D eigenvalue weighted by molar-refractivity contribution is -0.148. The topological polar surface area (TPSA) is 47.6 Å². The van der Waals surface area contributed by atoms with E-state index in [1.165, 1.54) is 20.0 Å². The molecular formula is C17H25NO3. The lowest BCUT2D eigenvalue weighted by atomic mass is 9.91. The molecule has 1 aromatic carbocycles. The average molecular weight is 291 g/mol. The molecule has 1 aliphatic carbocycles. The standard InChI is InChI=1S/C17H25NO3/c1-4-11-21-15-9-7-14(8-10-15)17(2,16(19)20-3)18-12-13-5-6-13/h7-10,13,18H,4-6,11-12H2,1-3H3. The molecule has 1 atom stereocenters. The predicted molar refractivity (Wildman–Crippen MR) is 82.3 cm³/mol. The number of esters is 1. The molecule has 0 saturated heterocycles. The van der Waals surface area contributed by atoms with E-state index >= 15 is 0 Å². The highest BCUT2D eigenvalue weighted by molar-refractivity contribution is 5.82. The van der Waals surface area contributed by atoms with Gasteiger partial charge in [-0.05, 0) is 56.3 Å². The van der Waals surface area contributed by atoms with Gasteiger partial charge in [0.25, 0.3) is 0 Å². The first-order valence-electron chi connectivity index (χ1n) is 7.67. The maximum atomic E-state index is 12.2. The molecular weight excluding hydrogens is 266 g/mol. The van der Waals surface area contributed by atoms with E-state index < -0.39 is 5.54 Å². The van der Waals surface area contributed by atoms with Gasteiger partial charge in [0.15, 0.2) is 0 Å². The maximum Gasteiger partial charge on any atom is 0.330 e. The minimum absolute atomic E-state index is 0.259. The van der Waals surface area contributed by atoms with Crippen LogP contribution < -0.4 is 10.1 Å². The number of ether oxygens (including phenoxy) is 2. The quantitative estimate of drug-likeness (QED) is 0.748. The molecule has 4 nitrogen and oxygen atoms in total. The summed E-state index contributed by atoms with van der Waals surface area (Å²) in [7, 11) is 1.43. The van der Waals surface area contributed by atoms with E-state index in [1.807, 2.05) is 31.2 Å². The third-order valence-electron chi connectivity index (χ3n) is 3.94. The number of carbonyl (C=O) groups excluding carboxylic acids is 1. The molecule has 4 heteroatoms. The van der Waals surface area contributed by atoms with Crippen molar-refractivity contribution < 1.29 is 14.3 Å². The largest absolute Gasteiger partial charge is 0.494 e. The van der Waals surface area contributed by atoms with E-state index in [2.05, 4.69) is 12.2 Å². The van der Waals surface area contributed by atoms with E-state index in [4.69, 9.17) is 9.47 Å². The molecule has 0 aliphatic heterocycles. The van der Waals surface area contributed by atoms with Crippen molar-refractivity contribution >= 4 is 5.97 Å². The summed E-state index contributed by atoms with van der Waals surface area (Å²) in [6, 6.07) is 7.68. The molecule has 0 heterocycles. The van der Waals surface area contributed by atoms with Crippen LogP contribution in [0.15, 0.2) is 24.3 Å². The van der Waals surface area contributed by atoms with Crippen molar-refractivity contribution in [3.63, 3.8) is 0 Å². The van der Waals surface area contributed by atoms with Gasteiger partial charge in [0.1, 0.15) is 11.3 Å². The lowest BCUT2D eigenvalue weighted by Crippen LogP contribution is -2.48. The van der Waals surface area contributed by atoms with Crippen LogP contribution in [-0.4, -0.2) is 26.2 Å². The zero-order valence-corrected chi connectivity index (χ0v) is 13.1. The fourth-order valence-corrected chi connectivity index (χ4v) is 2.27. The van der Waals surface area contributed by atoms with E-state index in [9.17, 15) is 4.79 Å². The number of methoxy groups -OCH3 is 1. The van der Waals surface area contributed by atoms with Crippen molar-refractivity contribution in [2.24, 2.45) is 5.92 Å². The molecule has 1 fully saturated rings. The molecule has 21 heavy (non-hydrogen) atoms. The number of rotatable bonds is 8. The lowest BCUT2D eigenvalue weighted by Gasteiger charge is -2.29. The van der Waals surface area contributed by atoms with Crippen LogP contribution in [0.1, 0.15) is 38.7 Å². The highest BCUT2D eigenvalue weighted by atomic mass is 16.5. The van der Waals surface area contributed by atoms with Gasteiger partial charge in [0.05, 0.1) is 13.7 Å². The zero-order chi connectivity index (χ0) is 15.3. The smallest absolute Gasteiger partial charge is 0.330 e. The van der Waals surface area contributed by atoms with Gasteiger partial charge in [-0.3, -0.25) is 5.32 Å². The van der Waals surface area contributed by atoms with Crippen LogP contribution in [0, 0.1) is 5.92 Å². The van der Waals surface area contributed by atoms with Gasteiger partial charge in [-0.25, -0.2) is 4.79 Å². The predicted octanol–water partition coefficient (Wildman–Crippen LogP) is 2.86. The average Bonchev–Trinajstić information content (AvgIpc) is 3.34.